The standard InChI is InChI=1S/C15H21Br/c1-5-7-10-15(3,4)13-9-8-12(6-2)14(16)11-13/h6,8-9,11H,2,5,7,10H2,1,3-4H3. The molecule has 0 saturated carbocycles. The van der Waals surface area contributed by atoms with Crippen LogP contribution in [0.15, 0.2) is 29.3 Å². The van der Waals surface area contributed by atoms with Gasteiger partial charge in [-0.15, -0.1) is 0 Å². The van der Waals surface area contributed by atoms with Crippen molar-refractivity contribution in [2.24, 2.45) is 0 Å². The molecule has 1 heteroatoms. The molecule has 0 nitrogen and oxygen atoms in total. The zero-order chi connectivity index (χ0) is 12.2. The lowest BCUT2D eigenvalue weighted by molar-refractivity contribution is 0.457. The molecular formula is C15H21Br. The van der Waals surface area contributed by atoms with Crippen molar-refractivity contribution in [2.75, 3.05) is 0 Å². The fraction of sp³-hybridized carbons (Fsp3) is 0.467. The third-order valence-electron chi connectivity index (χ3n) is 3.16. The summed E-state index contributed by atoms with van der Waals surface area (Å²) in [7, 11) is 0. The second-order valence-electron chi connectivity index (χ2n) is 4.93. The highest BCUT2D eigenvalue weighted by atomic mass is 79.9. The summed E-state index contributed by atoms with van der Waals surface area (Å²) in [5.41, 5.74) is 2.83. The van der Waals surface area contributed by atoms with Crippen molar-refractivity contribution < 1.29 is 0 Å². The van der Waals surface area contributed by atoms with Gasteiger partial charge in [-0.2, -0.15) is 0 Å². The van der Waals surface area contributed by atoms with Gasteiger partial charge in [0.05, 0.1) is 0 Å². The summed E-state index contributed by atoms with van der Waals surface area (Å²) >= 11 is 3.60. The Hall–Kier alpha value is -0.560. The van der Waals surface area contributed by atoms with E-state index >= 15 is 0 Å². The lowest BCUT2D eigenvalue weighted by Crippen LogP contribution is -2.16. The lowest BCUT2D eigenvalue weighted by Gasteiger charge is -2.25. The molecule has 0 aliphatic rings. The van der Waals surface area contributed by atoms with Crippen LogP contribution < -0.4 is 0 Å². The van der Waals surface area contributed by atoms with Gasteiger partial charge < -0.3 is 0 Å². The molecule has 0 heterocycles. The summed E-state index contributed by atoms with van der Waals surface area (Å²) in [4.78, 5) is 0. The molecule has 0 saturated heterocycles. The third-order valence-corrected chi connectivity index (χ3v) is 3.84. The van der Waals surface area contributed by atoms with Crippen LogP contribution in [0.25, 0.3) is 6.08 Å². The molecule has 0 aliphatic carbocycles. The Balaban J connectivity index is 2.95. The molecule has 1 aromatic carbocycles. The Morgan fingerprint density at radius 3 is 2.56 bits per heavy atom. The summed E-state index contributed by atoms with van der Waals surface area (Å²) in [5.74, 6) is 0. The van der Waals surface area contributed by atoms with Crippen LogP contribution >= 0.6 is 15.9 Å². The van der Waals surface area contributed by atoms with Crippen LogP contribution in [0.3, 0.4) is 0 Å². The predicted octanol–water partition coefficient (Wildman–Crippen LogP) is 5.56. The summed E-state index contributed by atoms with van der Waals surface area (Å²) in [6, 6.07) is 6.59. The van der Waals surface area contributed by atoms with Crippen LogP contribution in [0.5, 0.6) is 0 Å². The number of halogens is 1. The number of rotatable bonds is 5. The van der Waals surface area contributed by atoms with E-state index in [-0.39, 0.29) is 5.41 Å². The maximum absolute atomic E-state index is 3.80. The van der Waals surface area contributed by atoms with Gasteiger partial charge in [0.2, 0.25) is 0 Å². The topological polar surface area (TPSA) is 0 Å². The van der Waals surface area contributed by atoms with Crippen molar-refractivity contribution in [1.82, 2.24) is 0 Å². The van der Waals surface area contributed by atoms with E-state index in [2.05, 4.69) is 61.5 Å². The molecule has 0 bridgehead atoms. The molecule has 1 rings (SSSR count). The van der Waals surface area contributed by atoms with E-state index in [1.807, 2.05) is 6.08 Å². The average Bonchev–Trinajstić information content (AvgIpc) is 2.26. The van der Waals surface area contributed by atoms with E-state index < -0.39 is 0 Å². The summed E-state index contributed by atoms with van der Waals surface area (Å²) in [6.07, 6.45) is 5.67. The highest BCUT2D eigenvalue weighted by Crippen LogP contribution is 2.32. The van der Waals surface area contributed by atoms with E-state index in [1.165, 1.54) is 24.8 Å². The van der Waals surface area contributed by atoms with E-state index in [0.29, 0.717) is 0 Å². The zero-order valence-electron chi connectivity index (χ0n) is 10.5. The van der Waals surface area contributed by atoms with E-state index in [0.717, 1.165) is 10.0 Å². The number of hydrogen-bond donors (Lipinski definition) is 0. The minimum absolute atomic E-state index is 0.262. The first-order valence-electron chi connectivity index (χ1n) is 5.93. The summed E-state index contributed by atoms with van der Waals surface area (Å²) in [5, 5.41) is 0. The van der Waals surface area contributed by atoms with Gasteiger partial charge in [-0.3, -0.25) is 0 Å². The van der Waals surface area contributed by atoms with Gasteiger partial charge in [0.1, 0.15) is 0 Å². The fourth-order valence-electron chi connectivity index (χ4n) is 1.88. The van der Waals surface area contributed by atoms with Crippen molar-refractivity contribution in [1.29, 1.82) is 0 Å². The number of hydrogen-bond acceptors (Lipinski definition) is 0. The summed E-state index contributed by atoms with van der Waals surface area (Å²) in [6.45, 7) is 10.7. The van der Waals surface area contributed by atoms with Crippen molar-refractivity contribution in [2.45, 2.75) is 45.4 Å². The monoisotopic (exact) mass is 280 g/mol. The second kappa shape index (κ2) is 5.67. The molecular weight excluding hydrogens is 260 g/mol. The van der Waals surface area contributed by atoms with Crippen LogP contribution in [-0.4, -0.2) is 0 Å². The van der Waals surface area contributed by atoms with Crippen molar-refractivity contribution >= 4 is 22.0 Å². The Kier molecular flexibility index (Phi) is 4.79. The minimum Gasteiger partial charge on any atom is -0.0984 e. The van der Waals surface area contributed by atoms with Gasteiger partial charge >= 0.3 is 0 Å². The van der Waals surface area contributed by atoms with E-state index in [4.69, 9.17) is 0 Å². The van der Waals surface area contributed by atoms with Crippen LogP contribution in [0.2, 0.25) is 0 Å². The predicted molar refractivity (Wildman–Crippen MR) is 76.8 cm³/mol. The highest BCUT2D eigenvalue weighted by Gasteiger charge is 2.20. The van der Waals surface area contributed by atoms with Crippen molar-refractivity contribution in [3.05, 3.63) is 40.4 Å². The molecule has 16 heavy (non-hydrogen) atoms. The molecule has 0 radical (unpaired) electrons. The van der Waals surface area contributed by atoms with Crippen LogP contribution in [0.1, 0.15) is 51.2 Å². The van der Waals surface area contributed by atoms with Crippen molar-refractivity contribution in [3.63, 3.8) is 0 Å². The Morgan fingerprint density at radius 2 is 2.06 bits per heavy atom. The molecule has 0 unspecified atom stereocenters. The Labute approximate surface area is 108 Å². The van der Waals surface area contributed by atoms with Gasteiger partial charge in [-0.1, -0.05) is 74.3 Å². The van der Waals surface area contributed by atoms with Crippen LogP contribution in [-0.2, 0) is 5.41 Å². The molecule has 0 amide bonds. The molecule has 88 valence electrons. The summed E-state index contributed by atoms with van der Waals surface area (Å²) < 4.78 is 1.14. The largest absolute Gasteiger partial charge is 0.0984 e. The van der Waals surface area contributed by atoms with Gasteiger partial charge in [0.25, 0.3) is 0 Å². The first kappa shape index (κ1) is 13.5. The van der Waals surface area contributed by atoms with Gasteiger partial charge in [0, 0.05) is 4.47 Å². The first-order valence-corrected chi connectivity index (χ1v) is 6.73. The van der Waals surface area contributed by atoms with Crippen molar-refractivity contribution in [3.8, 4) is 0 Å². The molecule has 0 fully saturated rings. The minimum atomic E-state index is 0.262. The van der Waals surface area contributed by atoms with Crippen LogP contribution in [0, 0.1) is 0 Å². The molecule has 0 aromatic heterocycles. The second-order valence-corrected chi connectivity index (χ2v) is 5.78. The average molecular weight is 281 g/mol. The SMILES string of the molecule is C=Cc1ccc(C(C)(C)CCCC)cc1Br. The van der Waals surface area contributed by atoms with Gasteiger partial charge in [-0.05, 0) is 29.0 Å². The first-order chi connectivity index (χ1) is 7.51. The molecule has 0 N–H and O–H groups in total. The zero-order valence-corrected chi connectivity index (χ0v) is 12.1. The molecule has 0 aliphatic heterocycles. The van der Waals surface area contributed by atoms with E-state index in [9.17, 15) is 0 Å². The van der Waals surface area contributed by atoms with Gasteiger partial charge in [-0.25, -0.2) is 0 Å². The normalized spacial score (nSPS) is 11.5. The molecule has 0 atom stereocenters. The maximum Gasteiger partial charge on any atom is 0.0250 e. The number of benzene rings is 1. The Morgan fingerprint density at radius 1 is 1.38 bits per heavy atom. The maximum atomic E-state index is 3.80. The smallest absolute Gasteiger partial charge is 0.0250 e. The van der Waals surface area contributed by atoms with Crippen LogP contribution in [0.4, 0.5) is 0 Å². The Bertz CT molecular complexity index is 364. The lowest BCUT2D eigenvalue weighted by atomic mass is 9.80. The van der Waals surface area contributed by atoms with E-state index in [1.54, 1.807) is 0 Å². The highest BCUT2D eigenvalue weighted by molar-refractivity contribution is 9.10. The fourth-order valence-corrected chi connectivity index (χ4v) is 2.42. The number of unbranched alkanes of at least 4 members (excludes halogenated alkanes) is 1. The quantitative estimate of drug-likeness (QED) is 0.662. The third kappa shape index (κ3) is 3.21. The molecule has 1 aromatic rings. The van der Waals surface area contributed by atoms with Gasteiger partial charge in [0.15, 0.2) is 0 Å². The molecule has 0 spiro atoms.